The van der Waals surface area contributed by atoms with Crippen LogP contribution in [0.3, 0.4) is 0 Å². The molecule has 2 amide bonds. The molecule has 0 aliphatic carbocycles. The van der Waals surface area contributed by atoms with Crippen molar-refractivity contribution < 1.29 is 14.7 Å². The monoisotopic (exact) mass is 347 g/mol. The summed E-state index contributed by atoms with van der Waals surface area (Å²) in [7, 11) is 0. The van der Waals surface area contributed by atoms with Crippen molar-refractivity contribution in [2.24, 2.45) is 5.92 Å². The summed E-state index contributed by atoms with van der Waals surface area (Å²) < 4.78 is 0. The predicted octanol–water partition coefficient (Wildman–Crippen LogP) is 1.26. The van der Waals surface area contributed by atoms with Crippen molar-refractivity contribution in [1.29, 1.82) is 0 Å². The molecule has 1 unspecified atom stereocenters. The lowest BCUT2D eigenvalue weighted by Gasteiger charge is -2.36. The van der Waals surface area contributed by atoms with Gasteiger partial charge in [-0.25, -0.2) is 4.79 Å². The topological polar surface area (TPSA) is 98.7 Å². The van der Waals surface area contributed by atoms with Crippen LogP contribution in [0.5, 0.6) is 0 Å². The summed E-state index contributed by atoms with van der Waals surface area (Å²) in [5.74, 6) is -0.247. The van der Waals surface area contributed by atoms with Gasteiger partial charge in [-0.2, -0.15) is 5.10 Å². The molecule has 2 N–H and O–H groups in total. The maximum atomic E-state index is 12.5. The van der Waals surface area contributed by atoms with Gasteiger partial charge in [0.05, 0.1) is 11.6 Å². The zero-order valence-electron chi connectivity index (χ0n) is 14.5. The molecule has 2 aliphatic heterocycles. The third-order valence-corrected chi connectivity index (χ3v) is 4.99. The van der Waals surface area contributed by atoms with Crippen molar-refractivity contribution in [1.82, 2.24) is 20.4 Å². The summed E-state index contributed by atoms with van der Waals surface area (Å²) in [6.45, 7) is 4.54. The average molecular weight is 347 g/mol. The number of urea groups is 1. The zero-order valence-corrected chi connectivity index (χ0v) is 14.5. The van der Waals surface area contributed by atoms with E-state index in [0.29, 0.717) is 25.9 Å². The molecule has 1 aromatic rings. The average Bonchev–Trinajstić information content (AvgIpc) is 2.62. The molecule has 2 aliphatic rings. The number of hydrogen-bond donors (Lipinski definition) is 2. The second kappa shape index (κ2) is 7.67. The van der Waals surface area contributed by atoms with Gasteiger partial charge in [-0.15, -0.1) is 5.10 Å². The number of carbonyl (C=O) groups is 2. The van der Waals surface area contributed by atoms with Gasteiger partial charge >= 0.3 is 12.0 Å². The van der Waals surface area contributed by atoms with E-state index in [1.165, 1.54) is 0 Å². The Morgan fingerprint density at radius 3 is 2.56 bits per heavy atom. The number of aromatic nitrogens is 2. The van der Waals surface area contributed by atoms with Crippen LogP contribution < -0.4 is 10.2 Å². The highest BCUT2D eigenvalue weighted by atomic mass is 16.4. The quantitative estimate of drug-likeness (QED) is 0.854. The van der Waals surface area contributed by atoms with E-state index in [1.807, 2.05) is 19.1 Å². The fourth-order valence-electron chi connectivity index (χ4n) is 3.46. The second-order valence-corrected chi connectivity index (χ2v) is 6.87. The number of carboxylic acids is 1. The molecule has 3 rings (SSSR count). The highest BCUT2D eigenvalue weighted by molar-refractivity contribution is 5.75. The highest BCUT2D eigenvalue weighted by Crippen LogP contribution is 2.19. The van der Waals surface area contributed by atoms with Gasteiger partial charge in [0.15, 0.2) is 5.82 Å². The van der Waals surface area contributed by atoms with E-state index in [-0.39, 0.29) is 18.0 Å². The molecule has 25 heavy (non-hydrogen) atoms. The number of carbonyl (C=O) groups excluding carboxylic acids is 1. The molecule has 0 saturated carbocycles. The third kappa shape index (κ3) is 4.37. The molecule has 0 aromatic carbocycles. The normalized spacial score (nSPS) is 21.9. The van der Waals surface area contributed by atoms with Crippen molar-refractivity contribution in [2.45, 2.75) is 38.6 Å². The number of rotatable bonds is 3. The Labute approximate surface area is 147 Å². The summed E-state index contributed by atoms with van der Waals surface area (Å²) in [5.41, 5.74) is 0.885. The molecular formula is C17H25N5O3. The molecule has 1 aromatic heterocycles. The first-order valence-corrected chi connectivity index (χ1v) is 8.86. The lowest BCUT2D eigenvalue weighted by atomic mass is 9.97. The van der Waals surface area contributed by atoms with E-state index in [2.05, 4.69) is 20.4 Å². The lowest BCUT2D eigenvalue weighted by molar-refractivity contribution is -0.143. The number of anilines is 1. The minimum absolute atomic E-state index is 0.0709. The summed E-state index contributed by atoms with van der Waals surface area (Å²) >= 11 is 0. The van der Waals surface area contributed by atoms with Crippen LogP contribution in [0.1, 0.15) is 31.4 Å². The van der Waals surface area contributed by atoms with Crippen LogP contribution in [0, 0.1) is 12.8 Å². The van der Waals surface area contributed by atoms with Crippen LogP contribution in [-0.2, 0) is 4.79 Å². The zero-order chi connectivity index (χ0) is 17.8. The van der Waals surface area contributed by atoms with Gasteiger partial charge in [0.1, 0.15) is 0 Å². The smallest absolute Gasteiger partial charge is 0.317 e. The van der Waals surface area contributed by atoms with Crippen molar-refractivity contribution in [3.05, 3.63) is 17.8 Å². The van der Waals surface area contributed by atoms with E-state index in [1.54, 1.807) is 4.90 Å². The number of nitrogens with one attached hydrogen (secondary N) is 1. The summed E-state index contributed by atoms with van der Waals surface area (Å²) in [6.07, 6.45) is 2.98. The molecule has 8 nitrogen and oxygen atoms in total. The van der Waals surface area contributed by atoms with Crippen LogP contribution in [0.4, 0.5) is 10.6 Å². The molecular weight excluding hydrogens is 322 g/mol. The van der Waals surface area contributed by atoms with Crippen LogP contribution in [0.15, 0.2) is 12.1 Å². The Balaban J connectivity index is 1.51. The SMILES string of the molecule is Cc1ccc(N2CCCC(NC(=O)N3CCC(C(=O)O)CC3)C2)nn1. The molecule has 0 spiro atoms. The number of piperidine rings is 2. The lowest BCUT2D eigenvalue weighted by Crippen LogP contribution is -2.53. The van der Waals surface area contributed by atoms with Crippen molar-refractivity contribution in [2.75, 3.05) is 31.1 Å². The minimum Gasteiger partial charge on any atom is -0.481 e. The van der Waals surface area contributed by atoms with E-state index >= 15 is 0 Å². The van der Waals surface area contributed by atoms with Gasteiger partial charge in [0.25, 0.3) is 0 Å². The van der Waals surface area contributed by atoms with E-state index in [9.17, 15) is 9.59 Å². The first-order valence-electron chi connectivity index (χ1n) is 8.86. The maximum absolute atomic E-state index is 12.5. The number of amides is 2. The van der Waals surface area contributed by atoms with E-state index in [0.717, 1.165) is 37.4 Å². The maximum Gasteiger partial charge on any atom is 0.317 e. The highest BCUT2D eigenvalue weighted by Gasteiger charge is 2.29. The standard InChI is InChI=1S/C17H25N5O3/c1-12-4-5-15(20-19-12)22-8-2-3-14(11-22)18-17(25)21-9-6-13(7-10-21)16(23)24/h4-5,13-14H,2-3,6-11H2,1H3,(H,18,25)(H,23,24). The summed E-state index contributed by atoms with van der Waals surface area (Å²) in [5, 5.41) is 20.5. The number of aliphatic carboxylic acids is 1. The largest absolute Gasteiger partial charge is 0.481 e. The van der Waals surface area contributed by atoms with E-state index in [4.69, 9.17) is 5.11 Å². The first-order chi connectivity index (χ1) is 12.0. The van der Waals surface area contributed by atoms with Gasteiger partial charge in [0, 0.05) is 32.2 Å². The Hall–Kier alpha value is -2.38. The van der Waals surface area contributed by atoms with Gasteiger partial charge in [-0.3, -0.25) is 4.79 Å². The number of nitrogens with zero attached hydrogens (tertiary/aromatic N) is 4. The van der Waals surface area contributed by atoms with E-state index < -0.39 is 5.97 Å². The molecule has 8 heteroatoms. The molecule has 2 fully saturated rings. The van der Waals surface area contributed by atoms with Crippen LogP contribution in [0.2, 0.25) is 0 Å². The van der Waals surface area contributed by atoms with Crippen molar-refractivity contribution in [3.8, 4) is 0 Å². The Kier molecular flexibility index (Phi) is 5.35. The van der Waals surface area contributed by atoms with Gasteiger partial charge in [0.2, 0.25) is 0 Å². The molecule has 2 saturated heterocycles. The molecule has 136 valence electrons. The molecule has 3 heterocycles. The summed E-state index contributed by atoms with van der Waals surface area (Å²) in [6, 6.07) is 3.88. The molecule has 0 radical (unpaired) electrons. The number of carboxylic acid groups (broad SMARTS) is 1. The second-order valence-electron chi connectivity index (χ2n) is 6.87. The number of likely N-dealkylation sites (tertiary alicyclic amines) is 1. The fourth-order valence-corrected chi connectivity index (χ4v) is 3.46. The minimum atomic E-state index is -0.762. The van der Waals surface area contributed by atoms with Crippen LogP contribution >= 0.6 is 0 Å². The predicted molar refractivity (Wildman–Crippen MR) is 92.5 cm³/mol. The molecule has 0 bridgehead atoms. The van der Waals surface area contributed by atoms with Crippen molar-refractivity contribution >= 4 is 17.8 Å². The van der Waals surface area contributed by atoms with Gasteiger partial charge in [-0.1, -0.05) is 0 Å². The Morgan fingerprint density at radius 1 is 1.16 bits per heavy atom. The summed E-state index contributed by atoms with van der Waals surface area (Å²) in [4.78, 5) is 27.3. The Bertz CT molecular complexity index is 613. The first kappa shape index (κ1) is 17.4. The third-order valence-electron chi connectivity index (χ3n) is 4.99. The number of aryl methyl sites for hydroxylation is 1. The van der Waals surface area contributed by atoms with Gasteiger partial charge < -0.3 is 20.2 Å². The van der Waals surface area contributed by atoms with Crippen LogP contribution in [0.25, 0.3) is 0 Å². The number of hydrogen-bond acceptors (Lipinski definition) is 5. The Morgan fingerprint density at radius 2 is 1.92 bits per heavy atom. The van der Waals surface area contributed by atoms with Crippen LogP contribution in [-0.4, -0.2) is 64.4 Å². The molecule has 1 atom stereocenters. The van der Waals surface area contributed by atoms with Crippen molar-refractivity contribution in [3.63, 3.8) is 0 Å². The fraction of sp³-hybridized carbons (Fsp3) is 0.647. The van der Waals surface area contributed by atoms with Gasteiger partial charge in [-0.05, 0) is 44.7 Å².